The number of aromatic nitrogens is 2. The molecule has 0 radical (unpaired) electrons. The average molecular weight is 192 g/mol. The Bertz CT molecular complexity index is 331. The number of hydrogen-bond donors (Lipinski definition) is 2. The van der Waals surface area contributed by atoms with Crippen LogP contribution in [0.1, 0.15) is 26.7 Å². The summed E-state index contributed by atoms with van der Waals surface area (Å²) < 4.78 is 0. The minimum atomic E-state index is 0.212. The van der Waals surface area contributed by atoms with Crippen molar-refractivity contribution in [3.8, 4) is 0 Å². The summed E-state index contributed by atoms with van der Waals surface area (Å²) in [6.07, 6.45) is 5.66. The van der Waals surface area contributed by atoms with Crippen molar-refractivity contribution in [1.82, 2.24) is 9.97 Å². The molecule has 1 aliphatic rings. The van der Waals surface area contributed by atoms with Gasteiger partial charge in [0, 0.05) is 17.9 Å². The lowest BCUT2D eigenvalue weighted by atomic mass is 10.0. The molecule has 1 saturated carbocycles. The van der Waals surface area contributed by atoms with Gasteiger partial charge in [-0.2, -0.15) is 0 Å². The van der Waals surface area contributed by atoms with E-state index in [-0.39, 0.29) is 5.54 Å². The molecule has 1 heterocycles. The van der Waals surface area contributed by atoms with Gasteiger partial charge in [0.1, 0.15) is 0 Å². The molecular weight excluding hydrogens is 176 g/mol. The van der Waals surface area contributed by atoms with E-state index in [1.165, 1.54) is 12.8 Å². The minimum Gasteiger partial charge on any atom is -0.381 e. The molecule has 0 bridgehead atoms. The zero-order valence-electron chi connectivity index (χ0n) is 8.62. The van der Waals surface area contributed by atoms with Crippen LogP contribution in [0.15, 0.2) is 12.4 Å². The van der Waals surface area contributed by atoms with Crippen LogP contribution in [0.2, 0.25) is 0 Å². The van der Waals surface area contributed by atoms with E-state index < -0.39 is 0 Å². The summed E-state index contributed by atoms with van der Waals surface area (Å²) >= 11 is 0. The Labute approximate surface area is 83.9 Å². The summed E-state index contributed by atoms with van der Waals surface area (Å²) in [4.78, 5) is 8.19. The highest BCUT2D eigenvalue weighted by Gasteiger charge is 2.45. The molecule has 0 spiro atoms. The van der Waals surface area contributed by atoms with Crippen LogP contribution in [-0.4, -0.2) is 15.5 Å². The summed E-state index contributed by atoms with van der Waals surface area (Å²) in [7, 11) is 0. The molecule has 2 rings (SSSR count). The van der Waals surface area contributed by atoms with Crippen LogP contribution in [-0.2, 0) is 0 Å². The highest BCUT2D eigenvalue weighted by atomic mass is 15.1. The first-order chi connectivity index (χ1) is 6.64. The van der Waals surface area contributed by atoms with Crippen LogP contribution in [0.25, 0.3) is 0 Å². The van der Waals surface area contributed by atoms with Gasteiger partial charge < -0.3 is 11.1 Å². The van der Waals surface area contributed by atoms with E-state index in [4.69, 9.17) is 5.73 Å². The van der Waals surface area contributed by atoms with Gasteiger partial charge in [0.15, 0.2) is 11.6 Å². The normalized spacial score (nSPS) is 18.2. The molecule has 0 amide bonds. The minimum absolute atomic E-state index is 0.212. The van der Waals surface area contributed by atoms with Crippen LogP contribution in [0, 0.1) is 5.92 Å². The molecule has 3 N–H and O–H groups in total. The first-order valence-corrected chi connectivity index (χ1v) is 4.99. The fourth-order valence-corrected chi connectivity index (χ4v) is 1.66. The Hall–Kier alpha value is -1.32. The zero-order chi connectivity index (χ0) is 10.2. The van der Waals surface area contributed by atoms with Crippen LogP contribution in [0.3, 0.4) is 0 Å². The maximum absolute atomic E-state index is 5.72. The molecule has 14 heavy (non-hydrogen) atoms. The number of nitrogens with two attached hydrogens (primary N) is 1. The zero-order valence-corrected chi connectivity index (χ0v) is 8.62. The van der Waals surface area contributed by atoms with E-state index >= 15 is 0 Å². The third-order valence-corrected chi connectivity index (χ3v) is 2.99. The lowest BCUT2D eigenvalue weighted by Gasteiger charge is -2.22. The number of nitrogens with one attached hydrogen (secondary N) is 1. The molecule has 0 atom stereocenters. The first-order valence-electron chi connectivity index (χ1n) is 4.99. The summed E-state index contributed by atoms with van der Waals surface area (Å²) in [5.74, 6) is 1.81. The third-order valence-electron chi connectivity index (χ3n) is 2.99. The molecule has 4 heteroatoms. The average Bonchev–Trinajstić information content (AvgIpc) is 2.90. The van der Waals surface area contributed by atoms with Crippen molar-refractivity contribution in [1.29, 1.82) is 0 Å². The summed E-state index contributed by atoms with van der Waals surface area (Å²) in [6.45, 7) is 4.43. The molecule has 0 aromatic carbocycles. The summed E-state index contributed by atoms with van der Waals surface area (Å²) in [5, 5.41) is 3.40. The second kappa shape index (κ2) is 3.12. The van der Waals surface area contributed by atoms with Gasteiger partial charge in [0.2, 0.25) is 0 Å². The van der Waals surface area contributed by atoms with Crippen molar-refractivity contribution in [2.75, 3.05) is 11.1 Å². The van der Waals surface area contributed by atoms with E-state index in [1.54, 1.807) is 12.4 Å². The standard InChI is InChI=1S/C10H16N4/c1-7(2)10(3-4-10)14-9-8(11)12-5-6-13-9/h5-7H,3-4H2,1-2H3,(H2,11,12)(H,13,14). The SMILES string of the molecule is CC(C)C1(Nc2nccnc2N)CC1. The molecule has 0 aliphatic heterocycles. The lowest BCUT2D eigenvalue weighted by molar-refractivity contribution is 0.510. The maximum Gasteiger partial charge on any atom is 0.169 e. The van der Waals surface area contributed by atoms with E-state index in [1.807, 2.05) is 0 Å². The first kappa shape index (κ1) is 9.24. The predicted octanol–water partition coefficient (Wildman–Crippen LogP) is 1.66. The Kier molecular flexibility index (Phi) is 2.06. The van der Waals surface area contributed by atoms with Gasteiger partial charge in [-0.3, -0.25) is 0 Å². The van der Waals surface area contributed by atoms with E-state index in [2.05, 4.69) is 29.1 Å². The van der Waals surface area contributed by atoms with Crippen LogP contribution in [0.5, 0.6) is 0 Å². The molecule has 0 unspecified atom stereocenters. The lowest BCUT2D eigenvalue weighted by Crippen LogP contribution is -2.28. The van der Waals surface area contributed by atoms with Gasteiger partial charge in [0.05, 0.1) is 0 Å². The number of rotatable bonds is 3. The van der Waals surface area contributed by atoms with E-state index in [0.29, 0.717) is 11.7 Å². The highest BCUT2D eigenvalue weighted by Crippen LogP contribution is 2.45. The second-order valence-electron chi connectivity index (χ2n) is 4.23. The molecular formula is C10H16N4. The van der Waals surface area contributed by atoms with Crippen molar-refractivity contribution in [3.05, 3.63) is 12.4 Å². The summed E-state index contributed by atoms with van der Waals surface area (Å²) in [5.41, 5.74) is 5.93. The van der Waals surface area contributed by atoms with Crippen LogP contribution < -0.4 is 11.1 Å². The molecule has 1 aromatic heterocycles. The largest absolute Gasteiger partial charge is 0.381 e. The third kappa shape index (κ3) is 1.52. The number of nitrogen functional groups attached to an aromatic ring is 1. The van der Waals surface area contributed by atoms with Gasteiger partial charge in [-0.15, -0.1) is 0 Å². The van der Waals surface area contributed by atoms with Crippen molar-refractivity contribution in [3.63, 3.8) is 0 Å². The molecule has 1 aliphatic carbocycles. The highest BCUT2D eigenvalue weighted by molar-refractivity contribution is 5.57. The Morgan fingerprint density at radius 1 is 1.36 bits per heavy atom. The molecule has 1 fully saturated rings. The van der Waals surface area contributed by atoms with Gasteiger partial charge in [-0.05, 0) is 18.8 Å². The number of nitrogens with zero attached hydrogens (tertiary/aromatic N) is 2. The van der Waals surface area contributed by atoms with Crippen molar-refractivity contribution in [2.24, 2.45) is 5.92 Å². The molecule has 4 nitrogen and oxygen atoms in total. The predicted molar refractivity (Wildman–Crippen MR) is 56.9 cm³/mol. The van der Waals surface area contributed by atoms with E-state index in [0.717, 1.165) is 5.82 Å². The number of hydrogen-bond acceptors (Lipinski definition) is 4. The van der Waals surface area contributed by atoms with Crippen molar-refractivity contribution in [2.45, 2.75) is 32.2 Å². The summed E-state index contributed by atoms with van der Waals surface area (Å²) in [6, 6.07) is 0. The molecule has 1 aromatic rings. The molecule has 0 saturated heterocycles. The topological polar surface area (TPSA) is 63.8 Å². The monoisotopic (exact) mass is 192 g/mol. The second-order valence-corrected chi connectivity index (χ2v) is 4.23. The fraction of sp³-hybridized carbons (Fsp3) is 0.600. The molecule has 76 valence electrons. The van der Waals surface area contributed by atoms with Crippen molar-refractivity contribution >= 4 is 11.6 Å². The Morgan fingerprint density at radius 3 is 2.50 bits per heavy atom. The number of anilines is 2. The van der Waals surface area contributed by atoms with Gasteiger partial charge >= 0.3 is 0 Å². The Balaban J connectivity index is 2.15. The maximum atomic E-state index is 5.72. The van der Waals surface area contributed by atoms with Gasteiger partial charge in [0.25, 0.3) is 0 Å². The van der Waals surface area contributed by atoms with Crippen LogP contribution in [0.4, 0.5) is 11.6 Å². The smallest absolute Gasteiger partial charge is 0.169 e. The Morgan fingerprint density at radius 2 is 2.00 bits per heavy atom. The van der Waals surface area contributed by atoms with Gasteiger partial charge in [-0.1, -0.05) is 13.8 Å². The van der Waals surface area contributed by atoms with Crippen molar-refractivity contribution < 1.29 is 0 Å². The quantitative estimate of drug-likeness (QED) is 0.764. The van der Waals surface area contributed by atoms with E-state index in [9.17, 15) is 0 Å². The van der Waals surface area contributed by atoms with Crippen LogP contribution >= 0.6 is 0 Å². The fourth-order valence-electron chi connectivity index (χ4n) is 1.66. The van der Waals surface area contributed by atoms with Gasteiger partial charge in [-0.25, -0.2) is 9.97 Å².